The minimum atomic E-state index is -3.53. The van der Waals surface area contributed by atoms with Crippen molar-refractivity contribution in [2.75, 3.05) is 32.7 Å². The Balaban J connectivity index is 1.76. The van der Waals surface area contributed by atoms with Gasteiger partial charge in [0.15, 0.2) is 0 Å². The standard InChI is InChI=1S/C18H28N4O4S/c1-15(19)9-10-20-17(23)7-8-18(24)21-11-13-22(14-12-21)27(25,26)16-5-3-2-4-6-16/h2-6,15H,7-14,19H2,1H3,(H,20,23). The number of carbonyl (C=O) groups is 2. The van der Waals surface area contributed by atoms with Gasteiger partial charge in [-0.05, 0) is 25.5 Å². The van der Waals surface area contributed by atoms with Gasteiger partial charge in [0.25, 0.3) is 0 Å². The molecule has 1 aliphatic heterocycles. The summed E-state index contributed by atoms with van der Waals surface area (Å²) in [5.74, 6) is -0.302. The first-order chi connectivity index (χ1) is 12.8. The number of nitrogens with one attached hydrogen (secondary N) is 1. The summed E-state index contributed by atoms with van der Waals surface area (Å²) in [6.45, 7) is 3.54. The van der Waals surface area contributed by atoms with Crippen molar-refractivity contribution in [2.24, 2.45) is 5.73 Å². The van der Waals surface area contributed by atoms with Crippen LogP contribution in [0.3, 0.4) is 0 Å². The number of nitrogens with two attached hydrogens (primary N) is 1. The van der Waals surface area contributed by atoms with Gasteiger partial charge in [0.1, 0.15) is 0 Å². The van der Waals surface area contributed by atoms with Crippen molar-refractivity contribution >= 4 is 21.8 Å². The largest absolute Gasteiger partial charge is 0.356 e. The quantitative estimate of drug-likeness (QED) is 0.650. The molecule has 0 aliphatic carbocycles. The fourth-order valence-electron chi connectivity index (χ4n) is 2.83. The number of benzene rings is 1. The molecule has 1 atom stereocenters. The average molecular weight is 397 g/mol. The van der Waals surface area contributed by atoms with E-state index in [4.69, 9.17) is 5.73 Å². The van der Waals surface area contributed by atoms with Gasteiger partial charge in [0, 0.05) is 51.6 Å². The summed E-state index contributed by atoms with van der Waals surface area (Å²) in [6, 6.07) is 8.30. The van der Waals surface area contributed by atoms with Crippen molar-refractivity contribution in [3.63, 3.8) is 0 Å². The van der Waals surface area contributed by atoms with E-state index in [1.54, 1.807) is 35.2 Å². The molecule has 150 valence electrons. The van der Waals surface area contributed by atoms with Crippen LogP contribution in [0.1, 0.15) is 26.2 Å². The van der Waals surface area contributed by atoms with E-state index >= 15 is 0 Å². The Kier molecular flexibility index (Phi) is 7.76. The lowest BCUT2D eigenvalue weighted by Gasteiger charge is -2.34. The highest BCUT2D eigenvalue weighted by molar-refractivity contribution is 7.89. The van der Waals surface area contributed by atoms with Gasteiger partial charge in [-0.3, -0.25) is 9.59 Å². The molecule has 1 fully saturated rings. The topological polar surface area (TPSA) is 113 Å². The van der Waals surface area contributed by atoms with Crippen LogP contribution in [0.5, 0.6) is 0 Å². The lowest BCUT2D eigenvalue weighted by molar-refractivity contribution is -0.134. The summed E-state index contributed by atoms with van der Waals surface area (Å²) >= 11 is 0. The van der Waals surface area contributed by atoms with E-state index in [1.165, 1.54) is 4.31 Å². The Morgan fingerprint density at radius 1 is 1.11 bits per heavy atom. The first-order valence-corrected chi connectivity index (χ1v) is 10.6. The number of sulfonamides is 1. The highest BCUT2D eigenvalue weighted by atomic mass is 32.2. The molecule has 1 aromatic carbocycles. The van der Waals surface area contributed by atoms with Gasteiger partial charge in [-0.2, -0.15) is 4.31 Å². The molecule has 1 heterocycles. The zero-order valence-corrected chi connectivity index (χ0v) is 16.5. The normalized spacial score (nSPS) is 16.7. The number of rotatable bonds is 8. The molecule has 0 spiro atoms. The maximum Gasteiger partial charge on any atom is 0.243 e. The molecule has 2 rings (SSSR count). The van der Waals surface area contributed by atoms with E-state index in [1.807, 2.05) is 6.92 Å². The van der Waals surface area contributed by atoms with E-state index in [0.29, 0.717) is 26.1 Å². The molecule has 0 radical (unpaired) electrons. The Bertz CT molecular complexity index is 729. The minimum absolute atomic E-state index is 0.0235. The van der Waals surface area contributed by atoms with Crippen molar-refractivity contribution in [1.82, 2.24) is 14.5 Å². The molecular formula is C18H28N4O4S. The van der Waals surface area contributed by atoms with Gasteiger partial charge in [0.05, 0.1) is 4.90 Å². The third kappa shape index (κ3) is 6.30. The smallest absolute Gasteiger partial charge is 0.243 e. The van der Waals surface area contributed by atoms with E-state index in [9.17, 15) is 18.0 Å². The van der Waals surface area contributed by atoms with Gasteiger partial charge >= 0.3 is 0 Å². The Morgan fingerprint density at radius 3 is 2.33 bits per heavy atom. The van der Waals surface area contributed by atoms with E-state index < -0.39 is 10.0 Å². The molecule has 3 N–H and O–H groups in total. The molecule has 0 aromatic heterocycles. The fraction of sp³-hybridized carbons (Fsp3) is 0.556. The monoisotopic (exact) mass is 396 g/mol. The lowest BCUT2D eigenvalue weighted by Crippen LogP contribution is -2.50. The zero-order valence-electron chi connectivity index (χ0n) is 15.6. The van der Waals surface area contributed by atoms with Crippen molar-refractivity contribution in [3.05, 3.63) is 30.3 Å². The second-order valence-corrected chi connectivity index (χ2v) is 8.65. The number of hydrogen-bond donors (Lipinski definition) is 2. The van der Waals surface area contributed by atoms with Crippen LogP contribution in [0, 0.1) is 0 Å². The maximum atomic E-state index is 12.6. The van der Waals surface area contributed by atoms with Gasteiger partial charge in [-0.1, -0.05) is 18.2 Å². The molecule has 9 heteroatoms. The second kappa shape index (κ2) is 9.82. The third-order valence-corrected chi connectivity index (χ3v) is 6.37. The molecule has 1 unspecified atom stereocenters. The third-order valence-electron chi connectivity index (χ3n) is 4.46. The SMILES string of the molecule is CC(N)CCNC(=O)CCC(=O)N1CCN(S(=O)(=O)c2ccccc2)CC1. The molecule has 1 saturated heterocycles. The highest BCUT2D eigenvalue weighted by Crippen LogP contribution is 2.17. The van der Waals surface area contributed by atoms with Gasteiger partial charge in [0.2, 0.25) is 21.8 Å². The predicted molar refractivity (Wildman–Crippen MR) is 102 cm³/mol. The number of amides is 2. The van der Waals surface area contributed by atoms with Crippen molar-refractivity contribution in [3.8, 4) is 0 Å². The predicted octanol–water partition coefficient (Wildman–Crippen LogP) is 0.153. The Morgan fingerprint density at radius 2 is 1.74 bits per heavy atom. The van der Waals surface area contributed by atoms with E-state index in [0.717, 1.165) is 0 Å². The molecule has 0 bridgehead atoms. The van der Waals surface area contributed by atoms with E-state index in [2.05, 4.69) is 5.32 Å². The molecule has 27 heavy (non-hydrogen) atoms. The van der Waals surface area contributed by atoms with Crippen LogP contribution in [-0.2, 0) is 19.6 Å². The summed E-state index contributed by atoms with van der Waals surface area (Å²) in [6.07, 6.45) is 0.938. The molecule has 0 saturated carbocycles. The van der Waals surface area contributed by atoms with Crippen LogP contribution < -0.4 is 11.1 Å². The van der Waals surface area contributed by atoms with Crippen LogP contribution in [0.4, 0.5) is 0 Å². The number of carbonyl (C=O) groups excluding carboxylic acids is 2. The lowest BCUT2D eigenvalue weighted by atomic mass is 10.2. The van der Waals surface area contributed by atoms with Crippen molar-refractivity contribution in [1.29, 1.82) is 0 Å². The highest BCUT2D eigenvalue weighted by Gasteiger charge is 2.29. The maximum absolute atomic E-state index is 12.6. The Hall–Kier alpha value is -1.97. The first kappa shape index (κ1) is 21.3. The summed E-state index contributed by atoms with van der Waals surface area (Å²) in [4.78, 5) is 25.9. The number of nitrogens with zero attached hydrogens (tertiary/aromatic N) is 2. The van der Waals surface area contributed by atoms with Crippen LogP contribution in [0.15, 0.2) is 35.2 Å². The zero-order chi connectivity index (χ0) is 19.9. The summed E-state index contributed by atoms with van der Waals surface area (Å²) in [7, 11) is -3.53. The molecule has 1 aromatic rings. The first-order valence-electron chi connectivity index (χ1n) is 9.16. The van der Waals surface area contributed by atoms with Gasteiger partial charge in [-0.25, -0.2) is 8.42 Å². The van der Waals surface area contributed by atoms with Crippen molar-refractivity contribution < 1.29 is 18.0 Å². The fourth-order valence-corrected chi connectivity index (χ4v) is 4.27. The van der Waals surface area contributed by atoms with Crippen LogP contribution >= 0.6 is 0 Å². The number of piperazine rings is 1. The number of hydrogen-bond acceptors (Lipinski definition) is 5. The second-order valence-electron chi connectivity index (χ2n) is 6.71. The minimum Gasteiger partial charge on any atom is -0.356 e. The van der Waals surface area contributed by atoms with E-state index in [-0.39, 0.29) is 48.7 Å². The van der Waals surface area contributed by atoms with Gasteiger partial charge < -0.3 is 16.0 Å². The molecule has 2 amide bonds. The summed E-state index contributed by atoms with van der Waals surface area (Å²) in [5, 5.41) is 2.74. The molecule has 1 aliphatic rings. The van der Waals surface area contributed by atoms with Gasteiger partial charge in [-0.15, -0.1) is 0 Å². The van der Waals surface area contributed by atoms with Crippen LogP contribution in [0.25, 0.3) is 0 Å². The Labute approximate surface area is 160 Å². The summed E-state index contributed by atoms with van der Waals surface area (Å²) in [5.41, 5.74) is 5.62. The van der Waals surface area contributed by atoms with Crippen LogP contribution in [0.2, 0.25) is 0 Å². The average Bonchev–Trinajstić information content (AvgIpc) is 2.66. The molecule has 8 nitrogen and oxygen atoms in total. The van der Waals surface area contributed by atoms with Crippen molar-refractivity contribution in [2.45, 2.75) is 37.1 Å². The summed E-state index contributed by atoms with van der Waals surface area (Å²) < 4.78 is 26.6. The molecular weight excluding hydrogens is 368 g/mol. The van der Waals surface area contributed by atoms with Crippen LogP contribution in [-0.4, -0.2) is 68.2 Å².